The molecule has 81 heavy (non-hydrogen) atoms. The van der Waals surface area contributed by atoms with E-state index in [2.05, 4.69) is 88.7 Å². The topological polar surface area (TPSA) is 126 Å². The average Bonchev–Trinajstić information content (AvgIpc) is 3.61. The molecule has 9 aromatic carbocycles. The van der Waals surface area contributed by atoms with Gasteiger partial charge in [-0.25, -0.2) is 15.0 Å². The maximum Gasteiger partial charge on any atom is 0.227 e. The van der Waals surface area contributed by atoms with Crippen LogP contribution in [0.2, 0.25) is 0 Å². The molecule has 9 heteroatoms. The number of pyridine rings is 3. The smallest absolute Gasteiger partial charge is 0.227 e. The second kappa shape index (κ2) is 22.2. The number of anilines is 3. The number of carbonyl (C=O) groups excluding carboxylic acids is 3. The Kier molecular flexibility index (Phi) is 13.7. The number of para-hydroxylation sites is 3. The molecule has 1 aliphatic rings. The normalized spacial score (nSPS) is 15.0. The Morgan fingerprint density at radius 2 is 0.531 bits per heavy atom. The van der Waals surface area contributed by atoms with Gasteiger partial charge in [0.1, 0.15) is 0 Å². The molecule has 0 bridgehead atoms. The highest BCUT2D eigenvalue weighted by Gasteiger charge is 2.39. The summed E-state index contributed by atoms with van der Waals surface area (Å²) in [5.74, 6) is -2.67. The molecule has 0 saturated heterocycles. The largest absolute Gasteiger partial charge is 0.326 e. The van der Waals surface area contributed by atoms with E-state index < -0.39 is 17.8 Å². The van der Waals surface area contributed by atoms with E-state index in [9.17, 15) is 14.4 Å². The summed E-state index contributed by atoms with van der Waals surface area (Å²) in [6, 6.07) is 84.6. The molecule has 1 fully saturated rings. The van der Waals surface area contributed by atoms with Gasteiger partial charge >= 0.3 is 0 Å². The van der Waals surface area contributed by atoms with Crippen LogP contribution in [0, 0.1) is 17.8 Å². The molecule has 3 aromatic heterocycles. The zero-order valence-corrected chi connectivity index (χ0v) is 44.2. The van der Waals surface area contributed by atoms with Crippen LogP contribution in [0.15, 0.2) is 255 Å². The maximum absolute atomic E-state index is 14.5. The lowest BCUT2D eigenvalue weighted by atomic mass is 9.74. The van der Waals surface area contributed by atoms with E-state index >= 15 is 0 Å². The summed E-state index contributed by atoms with van der Waals surface area (Å²) in [5.41, 5.74) is 16.2. The molecule has 13 rings (SSSR count). The summed E-state index contributed by atoms with van der Waals surface area (Å²) in [7, 11) is 0. The van der Waals surface area contributed by atoms with E-state index in [-0.39, 0.29) is 37.0 Å². The van der Waals surface area contributed by atoms with Crippen LogP contribution >= 0.6 is 0 Å². The summed E-state index contributed by atoms with van der Waals surface area (Å²) < 4.78 is 0. The van der Waals surface area contributed by atoms with Crippen molar-refractivity contribution in [1.82, 2.24) is 15.0 Å². The van der Waals surface area contributed by atoms with E-state index in [1.54, 1.807) is 0 Å². The van der Waals surface area contributed by atoms with Crippen molar-refractivity contribution in [3.05, 3.63) is 255 Å². The number of benzene rings is 9. The molecule has 3 amide bonds. The Morgan fingerprint density at radius 3 is 0.802 bits per heavy atom. The van der Waals surface area contributed by atoms with E-state index in [4.69, 9.17) is 15.0 Å². The molecule has 12 aromatic rings. The SMILES string of the molecule is O=C(Nc1ccc(-c2cc(-c3ccccc3)c3ccccc3n2)cc1)C1CC(C(=O)Nc2ccc(-c3cc(-c4ccccc4)c4ccccc4n3)cc2)CC(C(=O)Nc2ccc(-c3cc(-c4ccccc4)c4ccccc4n3)cc2)C1. The molecular weight excluding hydrogens is 997 g/mol. The van der Waals surface area contributed by atoms with Crippen LogP contribution in [-0.2, 0) is 14.4 Å². The third-order valence-corrected chi connectivity index (χ3v) is 15.6. The number of fused-ring (bicyclic) bond motifs is 3. The van der Waals surface area contributed by atoms with Crippen molar-refractivity contribution >= 4 is 67.5 Å². The molecule has 0 atom stereocenters. The number of rotatable bonds is 12. The first-order valence-corrected chi connectivity index (χ1v) is 27.4. The summed E-state index contributed by atoms with van der Waals surface area (Å²) in [4.78, 5) is 58.4. The lowest BCUT2D eigenvalue weighted by Crippen LogP contribution is -2.40. The van der Waals surface area contributed by atoms with Gasteiger partial charge in [-0.2, -0.15) is 0 Å². The molecule has 3 heterocycles. The van der Waals surface area contributed by atoms with Gasteiger partial charge in [-0.1, -0.05) is 182 Å². The molecule has 1 aliphatic carbocycles. The van der Waals surface area contributed by atoms with Crippen LogP contribution in [0.1, 0.15) is 19.3 Å². The molecule has 0 unspecified atom stereocenters. The van der Waals surface area contributed by atoms with Gasteiger partial charge in [0.15, 0.2) is 0 Å². The van der Waals surface area contributed by atoms with E-state index in [1.165, 1.54) is 0 Å². The minimum absolute atomic E-state index is 0.252. The summed E-state index contributed by atoms with van der Waals surface area (Å²) in [6.45, 7) is 0. The first-order chi connectivity index (χ1) is 39.8. The van der Waals surface area contributed by atoms with Crippen molar-refractivity contribution in [2.24, 2.45) is 17.8 Å². The minimum Gasteiger partial charge on any atom is -0.326 e. The summed E-state index contributed by atoms with van der Waals surface area (Å²) in [5, 5.41) is 12.6. The molecule has 3 N–H and O–H groups in total. The molecule has 1 saturated carbocycles. The Hall–Kier alpha value is -10.4. The van der Waals surface area contributed by atoms with Gasteiger partial charge in [0.05, 0.1) is 33.6 Å². The highest BCUT2D eigenvalue weighted by atomic mass is 16.2. The number of nitrogens with one attached hydrogen (secondary N) is 3. The second-order valence-electron chi connectivity index (χ2n) is 20.8. The monoisotopic (exact) mass is 1050 g/mol. The fourth-order valence-electron chi connectivity index (χ4n) is 11.4. The van der Waals surface area contributed by atoms with Crippen molar-refractivity contribution in [3.8, 4) is 67.2 Å². The maximum atomic E-state index is 14.5. The predicted octanol–water partition coefficient (Wildman–Crippen LogP) is 16.6. The number of nitrogens with zero attached hydrogens (tertiary/aromatic N) is 3. The quantitative estimate of drug-likeness (QED) is 0.112. The fraction of sp³-hybridized carbons (Fsp3) is 0.0833. The molecule has 390 valence electrons. The standard InChI is InChI=1S/C72H54N6O3/c79-70(73-55-34-28-49(29-35-55)67-43-61(46-16-4-1-5-17-46)58-22-10-13-25-64(58)76-67)52-40-53(71(80)74-56-36-30-50(31-37-56)68-44-62(47-18-6-2-7-19-47)59-23-11-14-26-65(59)77-68)42-54(41-52)72(81)75-57-38-32-51(33-39-57)69-45-63(48-20-8-3-9-21-48)60-24-12-15-27-66(60)78-69/h1-39,43-45,52-54H,40-42H2,(H,73,79)(H,74,80)(H,75,81). The lowest BCUT2D eigenvalue weighted by Gasteiger charge is -2.33. The van der Waals surface area contributed by atoms with Crippen molar-refractivity contribution < 1.29 is 14.4 Å². The highest BCUT2D eigenvalue weighted by molar-refractivity contribution is 6.01. The lowest BCUT2D eigenvalue weighted by molar-refractivity contribution is -0.129. The van der Waals surface area contributed by atoms with Crippen molar-refractivity contribution in [3.63, 3.8) is 0 Å². The van der Waals surface area contributed by atoms with Crippen LogP contribution in [-0.4, -0.2) is 32.7 Å². The zero-order chi connectivity index (χ0) is 54.7. The Bertz CT molecular complexity index is 3840. The van der Waals surface area contributed by atoms with Crippen molar-refractivity contribution in [1.29, 1.82) is 0 Å². The summed E-state index contributed by atoms with van der Waals surface area (Å²) in [6.07, 6.45) is 0.799. The minimum atomic E-state index is -0.638. The average molecular weight is 1050 g/mol. The second-order valence-corrected chi connectivity index (χ2v) is 20.8. The highest BCUT2D eigenvalue weighted by Crippen LogP contribution is 2.39. The van der Waals surface area contributed by atoms with Crippen LogP contribution in [0.5, 0.6) is 0 Å². The van der Waals surface area contributed by atoms with E-state index in [0.717, 1.165) is 99.9 Å². The van der Waals surface area contributed by atoms with Gasteiger partial charge in [-0.3, -0.25) is 14.4 Å². The predicted molar refractivity (Wildman–Crippen MR) is 328 cm³/mol. The third kappa shape index (κ3) is 10.7. The van der Waals surface area contributed by atoms with Crippen molar-refractivity contribution in [2.45, 2.75) is 19.3 Å². The summed E-state index contributed by atoms with van der Waals surface area (Å²) >= 11 is 0. The van der Waals surface area contributed by atoms with Gasteiger partial charge in [-0.05, 0) is 125 Å². The number of aromatic nitrogens is 3. The van der Waals surface area contributed by atoms with Crippen LogP contribution in [0.3, 0.4) is 0 Å². The van der Waals surface area contributed by atoms with Gasteiger partial charge < -0.3 is 16.0 Å². The first kappa shape index (κ1) is 50.1. The zero-order valence-electron chi connectivity index (χ0n) is 44.2. The van der Waals surface area contributed by atoms with Gasteiger partial charge in [-0.15, -0.1) is 0 Å². The van der Waals surface area contributed by atoms with Crippen LogP contribution in [0.25, 0.3) is 99.9 Å². The van der Waals surface area contributed by atoms with E-state index in [1.807, 2.05) is 182 Å². The molecule has 9 nitrogen and oxygen atoms in total. The van der Waals surface area contributed by atoms with Gasteiger partial charge in [0, 0.05) is 67.7 Å². The Labute approximate surface area is 469 Å². The molecule has 0 spiro atoms. The van der Waals surface area contributed by atoms with Crippen molar-refractivity contribution in [2.75, 3.05) is 16.0 Å². The van der Waals surface area contributed by atoms with Crippen LogP contribution < -0.4 is 16.0 Å². The fourth-order valence-corrected chi connectivity index (χ4v) is 11.4. The molecule has 0 radical (unpaired) electrons. The van der Waals surface area contributed by atoms with Gasteiger partial charge in [0.2, 0.25) is 17.7 Å². The molecular formula is C72H54N6O3. The number of amides is 3. The molecule has 0 aliphatic heterocycles. The van der Waals surface area contributed by atoms with Gasteiger partial charge in [0.25, 0.3) is 0 Å². The van der Waals surface area contributed by atoms with Crippen LogP contribution in [0.4, 0.5) is 17.1 Å². The number of hydrogen-bond acceptors (Lipinski definition) is 6. The van der Waals surface area contributed by atoms with E-state index in [0.29, 0.717) is 17.1 Å². The number of hydrogen-bond donors (Lipinski definition) is 3. The first-order valence-electron chi connectivity index (χ1n) is 27.4. The number of carbonyl (C=O) groups is 3. The Morgan fingerprint density at radius 1 is 0.284 bits per heavy atom. The Balaban J connectivity index is 0.747. The third-order valence-electron chi connectivity index (χ3n) is 15.6.